The lowest BCUT2D eigenvalue weighted by Crippen LogP contribution is -2.41. The second kappa shape index (κ2) is 11.0. The van der Waals surface area contributed by atoms with E-state index in [1.807, 2.05) is 36.4 Å². The number of halogens is 2. The number of nitrogens with one attached hydrogen (secondary N) is 1. The summed E-state index contributed by atoms with van der Waals surface area (Å²) in [6.45, 7) is 0.125. The van der Waals surface area contributed by atoms with Gasteiger partial charge in [-0.25, -0.2) is 8.42 Å². The smallest absolute Gasteiger partial charge is 0.264 e. The Hall–Kier alpha value is -2.10. The average Bonchev–Trinajstić information content (AvgIpc) is 2.77. The van der Waals surface area contributed by atoms with E-state index in [2.05, 4.69) is 27.9 Å². The highest BCUT2D eigenvalue weighted by Gasteiger charge is 2.26. The Bertz CT molecular complexity index is 1120. The lowest BCUT2D eigenvalue weighted by atomic mass is 10.1. The molecule has 0 unspecified atom stereocenters. The van der Waals surface area contributed by atoms with Crippen molar-refractivity contribution in [3.63, 3.8) is 0 Å². The summed E-state index contributed by atoms with van der Waals surface area (Å²) in [5.41, 5.74) is 1.46. The molecule has 0 aromatic heterocycles. The standard InChI is InChI=1S/C23H22ClIN2O3S/c24-22-11-5-4-7-18(22)8-6-16-26-23(28)17-27(20-14-12-19(25)13-15-20)31(29,30)21-9-2-1-3-10-21/h1-5,7,9-15H,6,8,16-17H2,(H,26,28). The van der Waals surface area contributed by atoms with E-state index in [9.17, 15) is 13.2 Å². The summed E-state index contributed by atoms with van der Waals surface area (Å²) in [5, 5.41) is 3.52. The van der Waals surface area contributed by atoms with Crippen LogP contribution in [0, 0.1) is 3.57 Å². The molecular formula is C23H22ClIN2O3S. The lowest BCUT2D eigenvalue weighted by Gasteiger charge is -2.24. The highest BCUT2D eigenvalue weighted by molar-refractivity contribution is 14.1. The minimum Gasteiger partial charge on any atom is -0.355 e. The maximum Gasteiger partial charge on any atom is 0.264 e. The summed E-state index contributed by atoms with van der Waals surface area (Å²) >= 11 is 8.31. The topological polar surface area (TPSA) is 66.5 Å². The molecule has 0 aliphatic heterocycles. The Labute approximate surface area is 201 Å². The number of benzene rings is 3. The minimum atomic E-state index is -3.89. The van der Waals surface area contributed by atoms with Crippen LogP contribution in [0.25, 0.3) is 0 Å². The van der Waals surface area contributed by atoms with Crippen molar-refractivity contribution in [3.8, 4) is 0 Å². The van der Waals surface area contributed by atoms with Gasteiger partial charge in [-0.15, -0.1) is 0 Å². The molecule has 0 saturated heterocycles. The Morgan fingerprint density at radius 3 is 2.26 bits per heavy atom. The number of sulfonamides is 1. The molecule has 0 radical (unpaired) electrons. The zero-order valence-electron chi connectivity index (χ0n) is 16.7. The molecule has 31 heavy (non-hydrogen) atoms. The first kappa shape index (κ1) is 23.6. The number of nitrogens with zero attached hydrogens (tertiary/aromatic N) is 1. The van der Waals surface area contributed by atoms with Gasteiger partial charge in [-0.2, -0.15) is 0 Å². The van der Waals surface area contributed by atoms with E-state index in [4.69, 9.17) is 11.6 Å². The maximum atomic E-state index is 13.2. The third kappa shape index (κ3) is 6.44. The van der Waals surface area contributed by atoms with Crippen LogP contribution in [-0.2, 0) is 21.2 Å². The molecule has 162 valence electrons. The van der Waals surface area contributed by atoms with Crippen molar-refractivity contribution in [2.45, 2.75) is 17.7 Å². The predicted molar refractivity (Wildman–Crippen MR) is 133 cm³/mol. The molecular weight excluding hydrogens is 547 g/mol. The summed E-state index contributed by atoms with van der Waals surface area (Å²) in [6.07, 6.45) is 1.42. The van der Waals surface area contributed by atoms with Crippen LogP contribution in [0.1, 0.15) is 12.0 Å². The third-order valence-electron chi connectivity index (χ3n) is 4.64. The first-order valence-electron chi connectivity index (χ1n) is 9.71. The lowest BCUT2D eigenvalue weighted by molar-refractivity contribution is -0.119. The Balaban J connectivity index is 1.69. The highest BCUT2D eigenvalue weighted by atomic mass is 127. The van der Waals surface area contributed by atoms with Crippen molar-refractivity contribution < 1.29 is 13.2 Å². The quantitative estimate of drug-likeness (QED) is 0.295. The first-order valence-corrected chi connectivity index (χ1v) is 12.6. The minimum absolute atomic E-state index is 0.139. The molecule has 0 spiro atoms. The Morgan fingerprint density at radius 1 is 0.935 bits per heavy atom. The van der Waals surface area contributed by atoms with Crippen molar-refractivity contribution in [1.29, 1.82) is 0 Å². The number of carbonyl (C=O) groups excluding carboxylic acids is 1. The first-order chi connectivity index (χ1) is 14.9. The molecule has 0 atom stereocenters. The molecule has 3 rings (SSSR count). The largest absolute Gasteiger partial charge is 0.355 e. The summed E-state index contributed by atoms with van der Waals surface area (Å²) in [4.78, 5) is 12.7. The molecule has 3 aromatic carbocycles. The van der Waals surface area contributed by atoms with Crippen molar-refractivity contribution in [2.24, 2.45) is 0 Å². The fraction of sp³-hybridized carbons (Fsp3) is 0.174. The monoisotopic (exact) mass is 568 g/mol. The molecule has 1 N–H and O–H groups in total. The maximum absolute atomic E-state index is 13.2. The van der Waals surface area contributed by atoms with E-state index >= 15 is 0 Å². The SMILES string of the molecule is O=C(CN(c1ccc(I)cc1)S(=O)(=O)c1ccccc1)NCCCc1ccccc1Cl. The van der Waals surface area contributed by atoms with E-state index in [0.717, 1.165) is 19.9 Å². The number of hydrogen-bond donors (Lipinski definition) is 1. The van der Waals surface area contributed by atoms with Gasteiger partial charge in [0.05, 0.1) is 10.6 Å². The van der Waals surface area contributed by atoms with E-state index in [0.29, 0.717) is 23.7 Å². The number of aryl methyl sites for hydroxylation is 1. The van der Waals surface area contributed by atoms with E-state index in [1.54, 1.807) is 30.3 Å². The predicted octanol–water partition coefficient (Wildman–Crippen LogP) is 4.89. The zero-order chi connectivity index (χ0) is 22.3. The third-order valence-corrected chi connectivity index (χ3v) is 7.51. The number of amides is 1. The Kier molecular flexibility index (Phi) is 8.34. The van der Waals surface area contributed by atoms with Gasteiger partial charge < -0.3 is 5.32 Å². The van der Waals surface area contributed by atoms with Gasteiger partial charge in [-0.05, 0) is 83.5 Å². The summed E-state index contributed by atoms with van der Waals surface area (Å²) in [6, 6.07) is 22.7. The van der Waals surface area contributed by atoms with Crippen LogP contribution in [0.4, 0.5) is 5.69 Å². The molecule has 0 aliphatic rings. The molecule has 0 heterocycles. The summed E-state index contributed by atoms with van der Waals surface area (Å²) < 4.78 is 28.6. The van der Waals surface area contributed by atoms with E-state index < -0.39 is 10.0 Å². The van der Waals surface area contributed by atoms with Crippen LogP contribution < -0.4 is 9.62 Å². The molecule has 1 amide bonds. The number of rotatable bonds is 9. The summed E-state index contributed by atoms with van der Waals surface area (Å²) in [7, 11) is -3.89. The van der Waals surface area contributed by atoms with Gasteiger partial charge in [0.15, 0.2) is 0 Å². The van der Waals surface area contributed by atoms with Crippen molar-refractivity contribution in [1.82, 2.24) is 5.32 Å². The van der Waals surface area contributed by atoms with Crippen LogP contribution in [0.5, 0.6) is 0 Å². The number of carbonyl (C=O) groups is 1. The zero-order valence-corrected chi connectivity index (χ0v) is 20.4. The van der Waals surface area contributed by atoms with Crippen LogP contribution in [0.2, 0.25) is 5.02 Å². The Morgan fingerprint density at radius 2 is 1.58 bits per heavy atom. The molecule has 8 heteroatoms. The van der Waals surface area contributed by atoms with Crippen LogP contribution in [0.3, 0.4) is 0 Å². The van der Waals surface area contributed by atoms with E-state index in [1.165, 1.54) is 12.1 Å². The van der Waals surface area contributed by atoms with Gasteiger partial charge in [0.25, 0.3) is 10.0 Å². The molecule has 0 fully saturated rings. The number of anilines is 1. The van der Waals surface area contributed by atoms with Crippen LogP contribution in [0.15, 0.2) is 83.8 Å². The fourth-order valence-electron chi connectivity index (χ4n) is 3.04. The van der Waals surface area contributed by atoms with Gasteiger partial charge in [-0.1, -0.05) is 48.0 Å². The average molecular weight is 569 g/mol. The normalized spacial score (nSPS) is 11.2. The summed E-state index contributed by atoms with van der Waals surface area (Å²) in [5.74, 6) is -0.364. The second-order valence-corrected chi connectivity index (χ2v) is 10.4. The molecule has 3 aromatic rings. The fourth-order valence-corrected chi connectivity index (χ4v) is 5.07. The van der Waals surface area contributed by atoms with Crippen LogP contribution >= 0.6 is 34.2 Å². The van der Waals surface area contributed by atoms with Crippen molar-refractivity contribution in [3.05, 3.63) is 93.0 Å². The molecule has 0 aliphatic carbocycles. The molecule has 5 nitrogen and oxygen atoms in total. The highest BCUT2D eigenvalue weighted by Crippen LogP contribution is 2.24. The van der Waals surface area contributed by atoms with Gasteiger partial charge >= 0.3 is 0 Å². The van der Waals surface area contributed by atoms with Gasteiger partial charge in [-0.3, -0.25) is 9.10 Å². The van der Waals surface area contributed by atoms with Crippen molar-refractivity contribution in [2.75, 3.05) is 17.4 Å². The van der Waals surface area contributed by atoms with Crippen LogP contribution in [-0.4, -0.2) is 27.4 Å². The van der Waals surface area contributed by atoms with Gasteiger partial charge in [0.2, 0.25) is 5.91 Å². The number of hydrogen-bond acceptors (Lipinski definition) is 3. The van der Waals surface area contributed by atoms with Crippen molar-refractivity contribution >= 4 is 55.8 Å². The van der Waals surface area contributed by atoms with Gasteiger partial charge in [0, 0.05) is 15.1 Å². The van der Waals surface area contributed by atoms with E-state index in [-0.39, 0.29) is 17.3 Å². The molecule has 0 saturated carbocycles. The molecule has 0 bridgehead atoms. The second-order valence-electron chi connectivity index (χ2n) is 6.85. The van der Waals surface area contributed by atoms with Gasteiger partial charge in [0.1, 0.15) is 6.54 Å².